The number of nitrogens with zero attached hydrogens (tertiary/aromatic N) is 1. The number of rotatable bonds is 2. The van der Waals surface area contributed by atoms with Crippen molar-refractivity contribution < 1.29 is 27.9 Å². The molecule has 1 amide bonds. The Balaban J connectivity index is 2.26. The van der Waals surface area contributed by atoms with Gasteiger partial charge in [-0.15, -0.1) is 0 Å². The standard InChI is InChI=1S/C15H16F3NO3/c1-8-3-9(2)5-10(4-8)13(20)19-6-11(14(21)22)12(7-19)15(16,17)18/h3-5,11-12H,6-7H2,1-2H3,(H,21,22)/t11-,12-/m1/s1. The van der Waals surface area contributed by atoms with Gasteiger partial charge >= 0.3 is 12.1 Å². The average molecular weight is 315 g/mol. The summed E-state index contributed by atoms with van der Waals surface area (Å²) in [6.07, 6.45) is -4.64. The van der Waals surface area contributed by atoms with E-state index in [4.69, 9.17) is 5.11 Å². The van der Waals surface area contributed by atoms with Crippen LogP contribution >= 0.6 is 0 Å². The van der Waals surface area contributed by atoms with Crippen LogP contribution in [0, 0.1) is 25.7 Å². The van der Waals surface area contributed by atoms with Crippen molar-refractivity contribution in [2.75, 3.05) is 13.1 Å². The summed E-state index contributed by atoms with van der Waals surface area (Å²) in [7, 11) is 0. The number of benzene rings is 1. The lowest BCUT2D eigenvalue weighted by molar-refractivity contribution is -0.187. The topological polar surface area (TPSA) is 57.6 Å². The molecule has 1 N–H and O–H groups in total. The van der Waals surface area contributed by atoms with Crippen LogP contribution in [0.3, 0.4) is 0 Å². The van der Waals surface area contributed by atoms with Crippen LogP contribution in [0.5, 0.6) is 0 Å². The average Bonchev–Trinajstić information content (AvgIpc) is 2.81. The smallest absolute Gasteiger partial charge is 0.394 e. The van der Waals surface area contributed by atoms with Gasteiger partial charge in [0, 0.05) is 18.7 Å². The van der Waals surface area contributed by atoms with Gasteiger partial charge in [-0.25, -0.2) is 0 Å². The normalized spacial score (nSPS) is 22.0. The summed E-state index contributed by atoms with van der Waals surface area (Å²) in [5, 5.41) is 8.97. The fourth-order valence-electron chi connectivity index (χ4n) is 2.83. The number of carbonyl (C=O) groups is 2. The third-order valence-corrected chi connectivity index (χ3v) is 3.81. The summed E-state index contributed by atoms with van der Waals surface area (Å²) in [5.41, 5.74) is 1.93. The van der Waals surface area contributed by atoms with E-state index >= 15 is 0 Å². The fourth-order valence-corrected chi connectivity index (χ4v) is 2.83. The molecule has 0 spiro atoms. The van der Waals surface area contributed by atoms with Crippen LogP contribution in [0.15, 0.2) is 18.2 Å². The molecule has 120 valence electrons. The van der Waals surface area contributed by atoms with Gasteiger partial charge in [0.25, 0.3) is 5.91 Å². The van der Waals surface area contributed by atoms with Gasteiger partial charge in [-0.05, 0) is 26.0 Å². The monoisotopic (exact) mass is 315 g/mol. The number of halogens is 3. The second-order valence-corrected chi connectivity index (χ2v) is 5.68. The van der Waals surface area contributed by atoms with E-state index in [0.29, 0.717) is 0 Å². The Labute approximate surface area is 125 Å². The minimum atomic E-state index is -4.64. The van der Waals surface area contributed by atoms with Crippen molar-refractivity contribution in [1.82, 2.24) is 4.90 Å². The minimum absolute atomic E-state index is 0.282. The van der Waals surface area contributed by atoms with Crippen LogP contribution in [-0.4, -0.2) is 41.1 Å². The fraction of sp³-hybridized carbons (Fsp3) is 0.467. The van der Waals surface area contributed by atoms with Crippen molar-refractivity contribution >= 4 is 11.9 Å². The Bertz CT molecular complexity index is 592. The maximum absolute atomic E-state index is 12.9. The highest BCUT2D eigenvalue weighted by Gasteiger charge is 2.53. The van der Waals surface area contributed by atoms with Gasteiger partial charge in [0.05, 0.1) is 11.8 Å². The summed E-state index contributed by atoms with van der Waals surface area (Å²) in [5.74, 6) is -5.74. The number of carbonyl (C=O) groups excluding carboxylic acids is 1. The van der Waals surface area contributed by atoms with Crippen molar-refractivity contribution in [3.63, 3.8) is 0 Å². The van der Waals surface area contributed by atoms with Crippen molar-refractivity contribution in [3.8, 4) is 0 Å². The van der Waals surface area contributed by atoms with Gasteiger partial charge in [0.1, 0.15) is 0 Å². The van der Waals surface area contributed by atoms with Crippen molar-refractivity contribution in [3.05, 3.63) is 34.9 Å². The summed E-state index contributed by atoms with van der Waals surface area (Å²) in [6.45, 7) is 2.52. The number of hydrogen-bond acceptors (Lipinski definition) is 2. The third kappa shape index (κ3) is 3.23. The first kappa shape index (κ1) is 16.3. The molecule has 2 rings (SSSR count). The second-order valence-electron chi connectivity index (χ2n) is 5.68. The molecule has 7 heteroatoms. The van der Waals surface area contributed by atoms with Gasteiger partial charge in [0.2, 0.25) is 0 Å². The molecule has 0 aliphatic carbocycles. The lowest BCUT2D eigenvalue weighted by Crippen LogP contribution is -2.34. The molecule has 0 bridgehead atoms. The number of alkyl halides is 3. The van der Waals surface area contributed by atoms with E-state index in [1.54, 1.807) is 26.0 Å². The maximum atomic E-state index is 12.9. The summed E-state index contributed by atoms with van der Waals surface area (Å²) < 4.78 is 38.8. The van der Waals surface area contributed by atoms with Crippen molar-refractivity contribution in [1.29, 1.82) is 0 Å². The van der Waals surface area contributed by atoms with Gasteiger partial charge in [-0.2, -0.15) is 13.2 Å². The van der Waals surface area contributed by atoms with Gasteiger partial charge in [0.15, 0.2) is 0 Å². The number of carboxylic acids is 1. The number of likely N-dealkylation sites (tertiary alicyclic amines) is 1. The lowest BCUT2D eigenvalue weighted by Gasteiger charge is -2.18. The lowest BCUT2D eigenvalue weighted by atomic mass is 9.96. The van der Waals surface area contributed by atoms with Crippen molar-refractivity contribution in [2.24, 2.45) is 11.8 Å². The van der Waals surface area contributed by atoms with E-state index in [-0.39, 0.29) is 5.56 Å². The quantitative estimate of drug-likeness (QED) is 0.913. The van der Waals surface area contributed by atoms with E-state index in [2.05, 4.69) is 0 Å². The van der Waals surface area contributed by atoms with Crippen LogP contribution in [0.2, 0.25) is 0 Å². The Morgan fingerprint density at radius 2 is 1.68 bits per heavy atom. The first-order valence-corrected chi connectivity index (χ1v) is 6.76. The van der Waals surface area contributed by atoms with E-state index in [1.165, 1.54) is 0 Å². The number of hydrogen-bond donors (Lipinski definition) is 1. The highest BCUT2D eigenvalue weighted by molar-refractivity contribution is 5.95. The molecule has 1 aliphatic rings. The number of amides is 1. The van der Waals surface area contributed by atoms with E-state index in [9.17, 15) is 22.8 Å². The molecule has 1 aromatic carbocycles. The van der Waals surface area contributed by atoms with Gasteiger partial charge in [-0.1, -0.05) is 17.2 Å². The Morgan fingerprint density at radius 3 is 2.09 bits per heavy atom. The first-order valence-electron chi connectivity index (χ1n) is 6.76. The molecule has 1 heterocycles. The molecule has 4 nitrogen and oxygen atoms in total. The predicted octanol–water partition coefficient (Wildman–Crippen LogP) is 2.64. The predicted molar refractivity (Wildman–Crippen MR) is 72.5 cm³/mol. The van der Waals surface area contributed by atoms with E-state index in [1.807, 2.05) is 6.07 Å². The summed E-state index contributed by atoms with van der Waals surface area (Å²) in [4.78, 5) is 24.4. The molecular formula is C15H16F3NO3. The largest absolute Gasteiger partial charge is 0.481 e. The van der Waals surface area contributed by atoms with Crippen LogP contribution in [-0.2, 0) is 4.79 Å². The molecule has 0 radical (unpaired) electrons. The Kier molecular flexibility index (Phi) is 4.17. The first-order chi connectivity index (χ1) is 10.1. The second kappa shape index (κ2) is 5.62. The number of aliphatic carboxylic acids is 1. The molecule has 1 fully saturated rings. The molecule has 0 saturated carbocycles. The number of aryl methyl sites for hydroxylation is 2. The van der Waals surface area contributed by atoms with E-state index < -0.39 is 43.0 Å². The van der Waals surface area contributed by atoms with E-state index in [0.717, 1.165) is 16.0 Å². The zero-order valence-corrected chi connectivity index (χ0v) is 12.1. The highest BCUT2D eigenvalue weighted by Crippen LogP contribution is 2.38. The molecule has 2 atom stereocenters. The molecular weight excluding hydrogens is 299 g/mol. The van der Waals surface area contributed by atoms with Crippen LogP contribution < -0.4 is 0 Å². The minimum Gasteiger partial charge on any atom is -0.481 e. The molecule has 1 aliphatic heterocycles. The molecule has 1 saturated heterocycles. The van der Waals surface area contributed by atoms with Crippen LogP contribution in [0.25, 0.3) is 0 Å². The molecule has 1 aromatic rings. The van der Waals surface area contributed by atoms with Gasteiger partial charge < -0.3 is 10.0 Å². The SMILES string of the molecule is Cc1cc(C)cc(C(=O)N2C[C@@H](C(F)(F)F)[C@H](C(=O)O)C2)c1. The Hall–Kier alpha value is -2.05. The molecule has 0 unspecified atom stereocenters. The molecule has 0 aromatic heterocycles. The Morgan fingerprint density at radius 1 is 1.14 bits per heavy atom. The zero-order chi connectivity index (χ0) is 16.7. The van der Waals surface area contributed by atoms with Gasteiger partial charge in [-0.3, -0.25) is 9.59 Å². The third-order valence-electron chi connectivity index (χ3n) is 3.81. The highest BCUT2D eigenvalue weighted by atomic mass is 19.4. The summed E-state index contributed by atoms with van der Waals surface area (Å²) in [6, 6.07) is 5.03. The van der Waals surface area contributed by atoms with Crippen LogP contribution in [0.4, 0.5) is 13.2 Å². The van der Waals surface area contributed by atoms with Crippen molar-refractivity contribution in [2.45, 2.75) is 20.0 Å². The maximum Gasteiger partial charge on any atom is 0.394 e. The number of carboxylic acid groups (broad SMARTS) is 1. The van der Waals surface area contributed by atoms with Crippen LogP contribution in [0.1, 0.15) is 21.5 Å². The zero-order valence-electron chi connectivity index (χ0n) is 12.1. The summed E-state index contributed by atoms with van der Waals surface area (Å²) >= 11 is 0. The molecule has 22 heavy (non-hydrogen) atoms.